The van der Waals surface area contributed by atoms with Gasteiger partial charge in [-0.25, -0.2) is 0 Å². The second-order valence-corrected chi connectivity index (χ2v) is 5.62. The molecule has 0 saturated carbocycles. The van der Waals surface area contributed by atoms with Gasteiger partial charge in [0.1, 0.15) is 0 Å². The average Bonchev–Trinajstić information content (AvgIpc) is 2.54. The molecular formula is C19H23N3O. The molecule has 4 nitrogen and oxygen atoms in total. The Hall–Kier alpha value is -2.62. The number of carbonyl (C=O) groups is 1. The molecule has 0 aliphatic rings. The van der Waals surface area contributed by atoms with Crippen LogP contribution in [-0.2, 0) is 6.54 Å². The van der Waals surface area contributed by atoms with Crippen LogP contribution in [0.1, 0.15) is 35.3 Å². The first-order valence-electron chi connectivity index (χ1n) is 7.68. The molecule has 0 atom stereocenters. The average molecular weight is 309 g/mol. The first kappa shape index (κ1) is 16.7. The van der Waals surface area contributed by atoms with Crippen molar-refractivity contribution in [2.24, 2.45) is 4.99 Å². The van der Waals surface area contributed by atoms with Crippen LogP contribution in [0.15, 0.2) is 47.5 Å². The van der Waals surface area contributed by atoms with Crippen LogP contribution in [0, 0.1) is 6.92 Å². The van der Waals surface area contributed by atoms with Crippen LogP contribution in [-0.4, -0.2) is 18.7 Å². The van der Waals surface area contributed by atoms with Crippen molar-refractivity contribution in [2.45, 2.75) is 27.3 Å². The van der Waals surface area contributed by atoms with E-state index >= 15 is 0 Å². The summed E-state index contributed by atoms with van der Waals surface area (Å²) in [4.78, 5) is 16.7. The second-order valence-electron chi connectivity index (χ2n) is 5.62. The highest BCUT2D eigenvalue weighted by molar-refractivity contribution is 6.00. The number of nitrogens with one attached hydrogen (secondary N) is 2. The van der Waals surface area contributed by atoms with E-state index in [0.29, 0.717) is 12.1 Å². The number of para-hydroxylation sites is 2. The summed E-state index contributed by atoms with van der Waals surface area (Å²) in [6.07, 6.45) is 0. The number of aryl methyl sites for hydroxylation is 1. The summed E-state index contributed by atoms with van der Waals surface area (Å²) in [7, 11) is 1.63. The lowest BCUT2D eigenvalue weighted by Crippen LogP contribution is -2.18. The second kappa shape index (κ2) is 7.58. The lowest BCUT2D eigenvalue weighted by molar-refractivity contribution is 0.0963. The van der Waals surface area contributed by atoms with Gasteiger partial charge in [0.05, 0.1) is 11.3 Å². The number of carbonyl (C=O) groups excluding carboxylic acids is 1. The summed E-state index contributed by atoms with van der Waals surface area (Å²) >= 11 is 0. The fourth-order valence-corrected chi connectivity index (χ4v) is 2.37. The summed E-state index contributed by atoms with van der Waals surface area (Å²) in [6, 6.07) is 13.8. The number of hydrogen-bond donors (Lipinski definition) is 2. The van der Waals surface area contributed by atoms with Gasteiger partial charge >= 0.3 is 0 Å². The molecule has 2 aromatic carbocycles. The maximum Gasteiger partial charge on any atom is 0.253 e. The Bertz CT molecular complexity index is 731. The molecular weight excluding hydrogens is 286 g/mol. The highest BCUT2D eigenvalue weighted by Crippen LogP contribution is 2.26. The lowest BCUT2D eigenvalue weighted by Gasteiger charge is -2.14. The molecule has 120 valence electrons. The predicted octanol–water partition coefficient (Wildman–Crippen LogP) is 4.08. The largest absolute Gasteiger partial charge is 0.381 e. The Morgan fingerprint density at radius 3 is 2.48 bits per heavy atom. The number of rotatable bonds is 5. The van der Waals surface area contributed by atoms with Crippen molar-refractivity contribution in [1.82, 2.24) is 5.32 Å². The van der Waals surface area contributed by atoms with E-state index in [9.17, 15) is 4.79 Å². The molecule has 0 aliphatic carbocycles. The van der Waals surface area contributed by atoms with E-state index in [2.05, 4.69) is 28.6 Å². The van der Waals surface area contributed by atoms with Gasteiger partial charge in [-0.3, -0.25) is 9.79 Å². The zero-order valence-electron chi connectivity index (χ0n) is 14.1. The Balaban J connectivity index is 2.36. The molecule has 0 aliphatic heterocycles. The van der Waals surface area contributed by atoms with Gasteiger partial charge in [-0.2, -0.15) is 0 Å². The van der Waals surface area contributed by atoms with Crippen molar-refractivity contribution in [3.8, 4) is 0 Å². The molecule has 0 fully saturated rings. The van der Waals surface area contributed by atoms with Crippen LogP contribution in [0.25, 0.3) is 0 Å². The van der Waals surface area contributed by atoms with Crippen molar-refractivity contribution in [3.63, 3.8) is 0 Å². The topological polar surface area (TPSA) is 53.5 Å². The van der Waals surface area contributed by atoms with Gasteiger partial charge in [-0.05, 0) is 44.0 Å². The Kier molecular flexibility index (Phi) is 5.52. The molecule has 2 rings (SSSR count). The molecule has 0 unspecified atom stereocenters. The third kappa shape index (κ3) is 4.19. The standard InChI is InChI=1S/C19H23N3O/c1-13(2)22-18-15(9-7-10-16(18)19(23)20-4)12-21-17-11-6-5-8-14(17)3/h5-11,21H,12H2,1-4H3,(H,20,23). The monoisotopic (exact) mass is 309 g/mol. The summed E-state index contributed by atoms with van der Waals surface area (Å²) in [6.45, 7) is 6.54. The predicted molar refractivity (Wildman–Crippen MR) is 96.8 cm³/mol. The summed E-state index contributed by atoms with van der Waals surface area (Å²) in [5.74, 6) is -0.122. The number of benzene rings is 2. The van der Waals surface area contributed by atoms with Crippen molar-refractivity contribution in [1.29, 1.82) is 0 Å². The molecule has 23 heavy (non-hydrogen) atoms. The van der Waals surface area contributed by atoms with Crippen molar-refractivity contribution >= 4 is 23.0 Å². The van der Waals surface area contributed by atoms with Crippen LogP contribution < -0.4 is 10.6 Å². The SMILES string of the molecule is CNC(=O)c1cccc(CNc2ccccc2C)c1N=C(C)C. The van der Waals surface area contributed by atoms with E-state index in [1.54, 1.807) is 13.1 Å². The summed E-state index contributed by atoms with van der Waals surface area (Å²) < 4.78 is 0. The third-order valence-corrected chi connectivity index (χ3v) is 3.54. The smallest absolute Gasteiger partial charge is 0.253 e. The van der Waals surface area contributed by atoms with Crippen LogP contribution in [0.4, 0.5) is 11.4 Å². The van der Waals surface area contributed by atoms with E-state index < -0.39 is 0 Å². The van der Waals surface area contributed by atoms with Crippen LogP contribution in [0.2, 0.25) is 0 Å². The molecule has 0 bridgehead atoms. The molecule has 2 N–H and O–H groups in total. The fourth-order valence-electron chi connectivity index (χ4n) is 2.37. The molecule has 4 heteroatoms. The van der Waals surface area contributed by atoms with E-state index in [1.807, 2.05) is 44.2 Å². The first-order chi connectivity index (χ1) is 11.0. The number of aliphatic imine (C=N–C) groups is 1. The van der Waals surface area contributed by atoms with Gasteiger partial charge in [0.15, 0.2) is 0 Å². The Morgan fingerprint density at radius 2 is 1.83 bits per heavy atom. The van der Waals surface area contributed by atoms with Gasteiger partial charge in [-0.1, -0.05) is 30.3 Å². The maximum atomic E-state index is 12.1. The number of hydrogen-bond acceptors (Lipinski definition) is 3. The third-order valence-electron chi connectivity index (χ3n) is 3.54. The molecule has 0 aromatic heterocycles. The minimum absolute atomic E-state index is 0.122. The summed E-state index contributed by atoms with van der Waals surface area (Å²) in [5.41, 5.74) is 5.51. The van der Waals surface area contributed by atoms with E-state index in [4.69, 9.17) is 0 Å². The van der Waals surface area contributed by atoms with Crippen molar-refractivity contribution in [2.75, 3.05) is 12.4 Å². The maximum absolute atomic E-state index is 12.1. The van der Waals surface area contributed by atoms with Crippen LogP contribution in [0.3, 0.4) is 0 Å². The van der Waals surface area contributed by atoms with Crippen LogP contribution >= 0.6 is 0 Å². The normalized spacial score (nSPS) is 10.1. The number of amides is 1. The number of nitrogens with zero attached hydrogens (tertiary/aromatic N) is 1. The van der Waals surface area contributed by atoms with E-state index in [1.165, 1.54) is 5.56 Å². The number of anilines is 1. The van der Waals surface area contributed by atoms with E-state index in [-0.39, 0.29) is 5.91 Å². The van der Waals surface area contributed by atoms with Gasteiger partial charge in [-0.15, -0.1) is 0 Å². The lowest BCUT2D eigenvalue weighted by atomic mass is 10.1. The molecule has 0 radical (unpaired) electrons. The molecule has 2 aromatic rings. The molecule has 0 saturated heterocycles. The first-order valence-corrected chi connectivity index (χ1v) is 7.68. The highest BCUT2D eigenvalue weighted by Gasteiger charge is 2.13. The van der Waals surface area contributed by atoms with Crippen LogP contribution in [0.5, 0.6) is 0 Å². The van der Waals surface area contributed by atoms with Crippen molar-refractivity contribution in [3.05, 3.63) is 59.2 Å². The molecule has 0 heterocycles. The Labute approximate surface area is 137 Å². The Morgan fingerprint density at radius 1 is 1.09 bits per heavy atom. The molecule has 0 spiro atoms. The highest BCUT2D eigenvalue weighted by atomic mass is 16.1. The van der Waals surface area contributed by atoms with Gasteiger partial charge in [0.2, 0.25) is 0 Å². The zero-order chi connectivity index (χ0) is 16.8. The zero-order valence-corrected chi connectivity index (χ0v) is 14.1. The van der Waals surface area contributed by atoms with E-state index in [0.717, 1.165) is 22.6 Å². The van der Waals surface area contributed by atoms with Gasteiger partial charge in [0, 0.05) is 25.0 Å². The molecule has 1 amide bonds. The summed E-state index contributed by atoms with van der Waals surface area (Å²) in [5, 5.41) is 6.10. The quantitative estimate of drug-likeness (QED) is 0.818. The van der Waals surface area contributed by atoms with Crippen molar-refractivity contribution < 1.29 is 4.79 Å². The minimum Gasteiger partial charge on any atom is -0.381 e. The minimum atomic E-state index is -0.122. The fraction of sp³-hybridized carbons (Fsp3) is 0.263. The van der Waals surface area contributed by atoms with Gasteiger partial charge < -0.3 is 10.6 Å². The van der Waals surface area contributed by atoms with Gasteiger partial charge in [0.25, 0.3) is 5.91 Å².